The topological polar surface area (TPSA) is 44.8 Å². The molecule has 2 heterocycles. The molecule has 5 nitrogen and oxygen atoms in total. The van der Waals surface area contributed by atoms with E-state index in [1.54, 1.807) is 0 Å². The Morgan fingerprint density at radius 2 is 1.76 bits per heavy atom. The molecule has 2 aliphatic rings. The van der Waals surface area contributed by atoms with Crippen molar-refractivity contribution in [1.82, 2.24) is 10.2 Å². The molecule has 0 radical (unpaired) electrons. The number of likely N-dealkylation sites (tertiary alicyclic amines) is 1. The highest BCUT2D eigenvalue weighted by atomic mass is 16.6. The molecule has 5 heteroatoms. The highest BCUT2D eigenvalue weighted by Crippen LogP contribution is 2.25. The summed E-state index contributed by atoms with van der Waals surface area (Å²) < 4.78 is 5.69. The second kappa shape index (κ2) is 7.65. The molecule has 2 saturated heterocycles. The van der Waals surface area contributed by atoms with Gasteiger partial charge in [-0.1, -0.05) is 32.9 Å². The van der Waals surface area contributed by atoms with Gasteiger partial charge in [0, 0.05) is 31.9 Å². The highest BCUT2D eigenvalue weighted by Gasteiger charge is 2.26. The monoisotopic (exact) mass is 345 g/mol. The molecule has 1 atom stereocenters. The van der Waals surface area contributed by atoms with Gasteiger partial charge in [-0.3, -0.25) is 5.32 Å². The van der Waals surface area contributed by atoms with E-state index in [1.165, 1.54) is 17.7 Å². The van der Waals surface area contributed by atoms with E-state index in [9.17, 15) is 4.79 Å². The van der Waals surface area contributed by atoms with E-state index in [4.69, 9.17) is 4.74 Å². The lowest BCUT2D eigenvalue weighted by molar-refractivity contribution is 0.0414. The number of ether oxygens (including phenoxy) is 1. The zero-order valence-corrected chi connectivity index (χ0v) is 15.8. The fraction of sp³-hybridized carbons (Fsp3) is 0.650. The minimum atomic E-state index is -0.245. The summed E-state index contributed by atoms with van der Waals surface area (Å²) in [6.45, 7) is 10.8. The lowest BCUT2D eigenvalue weighted by Crippen LogP contribution is -2.54. The van der Waals surface area contributed by atoms with Crippen LogP contribution in [0.25, 0.3) is 0 Å². The first-order chi connectivity index (χ1) is 11.9. The van der Waals surface area contributed by atoms with Crippen LogP contribution in [-0.4, -0.2) is 49.9 Å². The first kappa shape index (κ1) is 18.1. The van der Waals surface area contributed by atoms with Crippen molar-refractivity contribution in [2.45, 2.75) is 51.7 Å². The van der Waals surface area contributed by atoms with Gasteiger partial charge in [0.2, 0.25) is 0 Å². The Labute approximate surface area is 151 Å². The van der Waals surface area contributed by atoms with Gasteiger partial charge in [-0.05, 0) is 42.4 Å². The van der Waals surface area contributed by atoms with E-state index < -0.39 is 0 Å². The van der Waals surface area contributed by atoms with Gasteiger partial charge in [0.25, 0.3) is 0 Å². The van der Waals surface area contributed by atoms with Crippen molar-refractivity contribution in [3.8, 4) is 0 Å². The lowest BCUT2D eigenvalue weighted by Gasteiger charge is -2.36. The lowest BCUT2D eigenvalue weighted by atomic mass is 9.87. The highest BCUT2D eigenvalue weighted by molar-refractivity contribution is 5.68. The third-order valence-electron chi connectivity index (χ3n) is 5.10. The maximum Gasteiger partial charge on any atom is 0.411 e. The molecule has 2 fully saturated rings. The van der Waals surface area contributed by atoms with Crippen LogP contribution in [0.1, 0.15) is 45.6 Å². The molecule has 1 aromatic rings. The smallest absolute Gasteiger partial charge is 0.411 e. The molecule has 0 saturated carbocycles. The van der Waals surface area contributed by atoms with Crippen molar-refractivity contribution in [2.75, 3.05) is 37.6 Å². The Morgan fingerprint density at radius 3 is 2.40 bits per heavy atom. The molecule has 1 N–H and O–H groups in total. The number of piperazine rings is 1. The van der Waals surface area contributed by atoms with E-state index in [1.807, 2.05) is 4.90 Å². The summed E-state index contributed by atoms with van der Waals surface area (Å²) in [6, 6.07) is 8.75. The van der Waals surface area contributed by atoms with E-state index in [0.717, 1.165) is 39.0 Å². The van der Waals surface area contributed by atoms with Crippen LogP contribution in [0.4, 0.5) is 10.5 Å². The number of nitrogens with one attached hydrogen (secondary N) is 1. The molecule has 0 spiro atoms. The van der Waals surface area contributed by atoms with Crippen LogP contribution in [0.3, 0.4) is 0 Å². The zero-order valence-electron chi connectivity index (χ0n) is 15.8. The third kappa shape index (κ3) is 4.66. The summed E-state index contributed by atoms with van der Waals surface area (Å²) in [6.07, 6.45) is 2.95. The number of benzene rings is 1. The molecule has 0 aliphatic carbocycles. The van der Waals surface area contributed by atoms with Crippen LogP contribution in [0.2, 0.25) is 0 Å². The van der Waals surface area contributed by atoms with Crippen molar-refractivity contribution >= 4 is 11.8 Å². The molecule has 2 aliphatic heterocycles. The first-order valence-electron chi connectivity index (χ1n) is 9.48. The number of nitrogens with zero attached hydrogens (tertiary/aromatic N) is 2. The summed E-state index contributed by atoms with van der Waals surface area (Å²) >= 11 is 0. The van der Waals surface area contributed by atoms with E-state index >= 15 is 0 Å². The number of hydrogen-bond acceptors (Lipinski definition) is 4. The van der Waals surface area contributed by atoms with Crippen molar-refractivity contribution in [2.24, 2.45) is 0 Å². The Bertz CT molecular complexity index is 574. The van der Waals surface area contributed by atoms with Gasteiger partial charge in [0.05, 0.1) is 6.54 Å². The molecule has 1 amide bonds. The second-order valence-corrected chi connectivity index (χ2v) is 8.12. The second-order valence-electron chi connectivity index (χ2n) is 8.12. The number of piperidine rings is 1. The van der Waals surface area contributed by atoms with E-state index in [2.05, 4.69) is 55.3 Å². The quantitative estimate of drug-likeness (QED) is 0.893. The van der Waals surface area contributed by atoms with Crippen LogP contribution in [-0.2, 0) is 10.2 Å². The fourth-order valence-electron chi connectivity index (χ4n) is 3.47. The summed E-state index contributed by atoms with van der Waals surface area (Å²) in [5, 5.41) is 3.31. The molecule has 1 aromatic carbocycles. The van der Waals surface area contributed by atoms with Crippen LogP contribution in [0.15, 0.2) is 24.3 Å². The van der Waals surface area contributed by atoms with Crippen LogP contribution in [0.5, 0.6) is 0 Å². The van der Waals surface area contributed by atoms with E-state index in [0.29, 0.717) is 6.54 Å². The zero-order chi connectivity index (χ0) is 17.9. The average molecular weight is 345 g/mol. The molecular formula is C20H31N3O2. The third-order valence-corrected chi connectivity index (χ3v) is 5.10. The van der Waals surface area contributed by atoms with Crippen molar-refractivity contribution < 1.29 is 9.53 Å². The van der Waals surface area contributed by atoms with Crippen molar-refractivity contribution in [1.29, 1.82) is 0 Å². The minimum absolute atomic E-state index is 0.161. The maximum absolute atomic E-state index is 12.3. The number of anilines is 1. The van der Waals surface area contributed by atoms with Gasteiger partial charge in [-0.2, -0.15) is 0 Å². The maximum atomic E-state index is 12.3. The Morgan fingerprint density at radius 1 is 1.08 bits per heavy atom. The number of amides is 1. The van der Waals surface area contributed by atoms with Gasteiger partial charge in [-0.15, -0.1) is 0 Å². The summed E-state index contributed by atoms with van der Waals surface area (Å²) in [5.74, 6) is 0. The van der Waals surface area contributed by atoms with Gasteiger partial charge in [0.1, 0.15) is 0 Å². The molecule has 0 bridgehead atoms. The summed E-state index contributed by atoms with van der Waals surface area (Å²) in [7, 11) is 0. The minimum Gasteiger partial charge on any atom is -0.428 e. The Hall–Kier alpha value is -1.75. The molecule has 0 aromatic heterocycles. The van der Waals surface area contributed by atoms with E-state index in [-0.39, 0.29) is 17.7 Å². The SMILES string of the molecule is CC(C)(C)c1ccc(N2CCN[C@@H](OC(=O)N3CCCCC3)C2)cc1. The average Bonchev–Trinajstić information content (AvgIpc) is 2.62. The predicted octanol–water partition coefficient (Wildman–Crippen LogP) is 3.34. The first-order valence-corrected chi connectivity index (χ1v) is 9.48. The van der Waals surface area contributed by atoms with Crippen LogP contribution in [0, 0.1) is 0 Å². The normalized spacial score (nSPS) is 22.0. The number of carbonyl (C=O) groups excluding carboxylic acids is 1. The van der Waals surface area contributed by atoms with Gasteiger partial charge in [0.15, 0.2) is 6.23 Å². The molecule has 25 heavy (non-hydrogen) atoms. The summed E-state index contributed by atoms with van der Waals surface area (Å²) in [4.78, 5) is 16.4. The predicted molar refractivity (Wildman–Crippen MR) is 101 cm³/mol. The molecule has 3 rings (SSSR count). The number of rotatable bonds is 2. The largest absolute Gasteiger partial charge is 0.428 e. The Balaban J connectivity index is 1.58. The van der Waals surface area contributed by atoms with Gasteiger partial charge >= 0.3 is 6.09 Å². The van der Waals surface area contributed by atoms with Crippen LogP contribution >= 0.6 is 0 Å². The van der Waals surface area contributed by atoms with Crippen molar-refractivity contribution in [3.05, 3.63) is 29.8 Å². The molecular weight excluding hydrogens is 314 g/mol. The fourth-order valence-corrected chi connectivity index (χ4v) is 3.47. The van der Waals surface area contributed by atoms with Gasteiger partial charge < -0.3 is 14.5 Å². The number of hydrogen-bond donors (Lipinski definition) is 1. The molecule has 0 unspecified atom stereocenters. The Kier molecular flexibility index (Phi) is 5.52. The number of carbonyl (C=O) groups is 1. The summed E-state index contributed by atoms with van der Waals surface area (Å²) in [5.41, 5.74) is 2.68. The van der Waals surface area contributed by atoms with Gasteiger partial charge in [-0.25, -0.2) is 4.79 Å². The molecule has 138 valence electrons. The van der Waals surface area contributed by atoms with Crippen molar-refractivity contribution in [3.63, 3.8) is 0 Å². The standard InChI is InChI=1S/C20H31N3O2/c1-20(2,3)16-7-9-17(10-8-16)23-14-11-21-18(15-23)25-19(24)22-12-5-4-6-13-22/h7-10,18,21H,4-6,11-15H2,1-3H3/t18-/m0/s1. The van der Waals surface area contributed by atoms with Crippen LogP contribution < -0.4 is 10.2 Å².